The van der Waals surface area contributed by atoms with Gasteiger partial charge in [0.05, 0.1) is 0 Å². The Labute approximate surface area is 120 Å². The standard InChI is InChI=1S/C12H8BrF4N3/c13-9-2-1-8(14)5-7(9)6-18-11-4-3-10(19-20-11)12(15,16)17/h1-5H,6H2,(H,18,20). The average molecular weight is 350 g/mol. The van der Waals surface area contributed by atoms with Crippen LogP contribution >= 0.6 is 15.9 Å². The van der Waals surface area contributed by atoms with Gasteiger partial charge < -0.3 is 5.32 Å². The maximum Gasteiger partial charge on any atom is 0.435 e. The van der Waals surface area contributed by atoms with Crippen molar-refractivity contribution in [1.29, 1.82) is 0 Å². The van der Waals surface area contributed by atoms with E-state index in [0.717, 1.165) is 6.07 Å². The second-order valence-corrected chi connectivity index (χ2v) is 4.75. The molecule has 2 aromatic rings. The van der Waals surface area contributed by atoms with Crippen LogP contribution in [0.2, 0.25) is 0 Å². The fourth-order valence-electron chi connectivity index (χ4n) is 1.44. The molecule has 0 saturated carbocycles. The van der Waals surface area contributed by atoms with Crippen molar-refractivity contribution in [3.8, 4) is 0 Å². The van der Waals surface area contributed by atoms with Gasteiger partial charge in [0.1, 0.15) is 11.6 Å². The van der Waals surface area contributed by atoms with Gasteiger partial charge in [0.2, 0.25) is 0 Å². The Morgan fingerprint density at radius 2 is 1.85 bits per heavy atom. The van der Waals surface area contributed by atoms with Gasteiger partial charge in [0, 0.05) is 11.0 Å². The molecular weight excluding hydrogens is 342 g/mol. The van der Waals surface area contributed by atoms with Crippen LogP contribution in [0.3, 0.4) is 0 Å². The summed E-state index contributed by atoms with van der Waals surface area (Å²) in [6.07, 6.45) is -4.52. The summed E-state index contributed by atoms with van der Waals surface area (Å²) in [4.78, 5) is 0. The summed E-state index contributed by atoms with van der Waals surface area (Å²) in [6.45, 7) is 0.207. The van der Waals surface area contributed by atoms with E-state index < -0.39 is 17.7 Å². The molecule has 0 aliphatic rings. The number of benzene rings is 1. The van der Waals surface area contributed by atoms with Crippen LogP contribution in [0.1, 0.15) is 11.3 Å². The van der Waals surface area contributed by atoms with E-state index in [4.69, 9.17) is 0 Å². The number of nitrogens with zero attached hydrogens (tertiary/aromatic N) is 2. The third-order valence-corrected chi connectivity index (χ3v) is 3.20. The lowest BCUT2D eigenvalue weighted by Gasteiger charge is -2.08. The van der Waals surface area contributed by atoms with Gasteiger partial charge in [-0.05, 0) is 35.9 Å². The Morgan fingerprint density at radius 1 is 1.10 bits per heavy atom. The highest BCUT2D eigenvalue weighted by molar-refractivity contribution is 9.10. The molecule has 8 heteroatoms. The van der Waals surface area contributed by atoms with Gasteiger partial charge >= 0.3 is 6.18 Å². The zero-order valence-electron chi connectivity index (χ0n) is 9.88. The van der Waals surface area contributed by atoms with Crippen molar-refractivity contribution in [3.05, 3.63) is 51.9 Å². The number of aromatic nitrogens is 2. The molecule has 0 saturated heterocycles. The van der Waals surface area contributed by atoms with Crippen molar-refractivity contribution in [2.24, 2.45) is 0 Å². The van der Waals surface area contributed by atoms with E-state index in [1.54, 1.807) is 6.07 Å². The van der Waals surface area contributed by atoms with Crippen LogP contribution in [0, 0.1) is 5.82 Å². The Bertz CT molecular complexity index is 599. The van der Waals surface area contributed by atoms with Crippen LogP contribution < -0.4 is 5.32 Å². The van der Waals surface area contributed by atoms with Crippen molar-refractivity contribution >= 4 is 21.7 Å². The Balaban J connectivity index is 2.06. The minimum absolute atomic E-state index is 0.175. The quantitative estimate of drug-likeness (QED) is 0.850. The van der Waals surface area contributed by atoms with E-state index in [9.17, 15) is 17.6 Å². The second kappa shape index (κ2) is 5.74. The molecule has 1 N–H and O–H groups in total. The Hall–Kier alpha value is -1.70. The number of halogens is 5. The first kappa shape index (κ1) is 14.7. The maximum atomic E-state index is 13.1. The molecule has 106 valence electrons. The summed E-state index contributed by atoms with van der Waals surface area (Å²) in [6, 6.07) is 6.16. The van der Waals surface area contributed by atoms with Crippen molar-refractivity contribution in [3.63, 3.8) is 0 Å². The largest absolute Gasteiger partial charge is 0.435 e. The average Bonchev–Trinajstić information content (AvgIpc) is 2.39. The highest BCUT2D eigenvalue weighted by atomic mass is 79.9. The van der Waals surface area contributed by atoms with Crippen molar-refractivity contribution in [2.75, 3.05) is 5.32 Å². The van der Waals surface area contributed by atoms with Gasteiger partial charge in [0.25, 0.3) is 0 Å². The SMILES string of the molecule is Fc1ccc(Br)c(CNc2ccc(C(F)(F)F)nn2)c1. The molecule has 1 aromatic heterocycles. The molecule has 0 radical (unpaired) electrons. The van der Waals surface area contributed by atoms with E-state index >= 15 is 0 Å². The predicted octanol–water partition coefficient (Wildman–Crippen LogP) is 4.01. The smallest absolute Gasteiger partial charge is 0.364 e. The van der Waals surface area contributed by atoms with E-state index in [1.807, 2.05) is 0 Å². The molecular formula is C12H8BrF4N3. The second-order valence-electron chi connectivity index (χ2n) is 3.89. The molecule has 0 unspecified atom stereocenters. The summed E-state index contributed by atoms with van der Waals surface area (Å²) < 4.78 is 50.6. The number of rotatable bonds is 3. The molecule has 2 rings (SSSR count). The van der Waals surface area contributed by atoms with E-state index in [1.165, 1.54) is 18.2 Å². The molecule has 1 heterocycles. The van der Waals surface area contributed by atoms with Crippen LogP contribution in [0.4, 0.5) is 23.4 Å². The molecule has 0 bridgehead atoms. The van der Waals surface area contributed by atoms with Crippen LogP contribution in [0.25, 0.3) is 0 Å². The molecule has 0 amide bonds. The van der Waals surface area contributed by atoms with Gasteiger partial charge in [-0.3, -0.25) is 0 Å². The number of hydrogen-bond acceptors (Lipinski definition) is 3. The highest BCUT2D eigenvalue weighted by Crippen LogP contribution is 2.27. The Kier molecular flexibility index (Phi) is 4.22. The van der Waals surface area contributed by atoms with Crippen LogP contribution in [-0.4, -0.2) is 10.2 Å². The first-order valence-electron chi connectivity index (χ1n) is 5.45. The molecule has 1 aromatic carbocycles. The number of alkyl halides is 3. The summed E-state index contributed by atoms with van der Waals surface area (Å²) in [5.41, 5.74) is -0.443. The van der Waals surface area contributed by atoms with Gasteiger partial charge in [-0.25, -0.2) is 4.39 Å². The van der Waals surface area contributed by atoms with Crippen LogP contribution in [0.5, 0.6) is 0 Å². The molecule has 20 heavy (non-hydrogen) atoms. The van der Waals surface area contributed by atoms with E-state index in [-0.39, 0.29) is 12.4 Å². The first-order chi connectivity index (χ1) is 9.36. The zero-order valence-corrected chi connectivity index (χ0v) is 11.5. The fourth-order valence-corrected chi connectivity index (χ4v) is 1.83. The number of hydrogen-bond donors (Lipinski definition) is 1. The third kappa shape index (κ3) is 3.66. The van der Waals surface area contributed by atoms with Gasteiger partial charge in [0.15, 0.2) is 5.69 Å². The molecule has 0 atom stereocenters. The molecule has 3 nitrogen and oxygen atoms in total. The molecule has 0 aliphatic heterocycles. The first-order valence-corrected chi connectivity index (χ1v) is 6.24. The molecule has 0 spiro atoms. The monoisotopic (exact) mass is 349 g/mol. The fraction of sp³-hybridized carbons (Fsp3) is 0.167. The lowest BCUT2D eigenvalue weighted by atomic mass is 10.2. The van der Waals surface area contributed by atoms with E-state index in [0.29, 0.717) is 10.0 Å². The topological polar surface area (TPSA) is 37.8 Å². The lowest BCUT2D eigenvalue weighted by Crippen LogP contribution is -2.10. The normalized spacial score (nSPS) is 11.4. The maximum absolute atomic E-state index is 13.1. The summed E-state index contributed by atoms with van der Waals surface area (Å²) in [5, 5.41) is 9.27. The van der Waals surface area contributed by atoms with Crippen LogP contribution in [0.15, 0.2) is 34.8 Å². The zero-order chi connectivity index (χ0) is 14.8. The minimum Gasteiger partial charge on any atom is -0.364 e. The van der Waals surface area contributed by atoms with Crippen molar-refractivity contribution in [2.45, 2.75) is 12.7 Å². The highest BCUT2D eigenvalue weighted by Gasteiger charge is 2.32. The third-order valence-electron chi connectivity index (χ3n) is 2.42. The minimum atomic E-state index is -4.52. The van der Waals surface area contributed by atoms with Gasteiger partial charge in [-0.1, -0.05) is 15.9 Å². The van der Waals surface area contributed by atoms with Crippen molar-refractivity contribution in [1.82, 2.24) is 10.2 Å². The molecule has 0 fully saturated rings. The van der Waals surface area contributed by atoms with Crippen LogP contribution in [-0.2, 0) is 12.7 Å². The lowest BCUT2D eigenvalue weighted by molar-refractivity contribution is -0.141. The van der Waals surface area contributed by atoms with E-state index in [2.05, 4.69) is 31.4 Å². The summed E-state index contributed by atoms with van der Waals surface area (Å²) >= 11 is 3.25. The predicted molar refractivity (Wildman–Crippen MR) is 68.5 cm³/mol. The number of nitrogens with one attached hydrogen (secondary N) is 1. The number of anilines is 1. The van der Waals surface area contributed by atoms with Gasteiger partial charge in [-0.15, -0.1) is 10.2 Å². The molecule has 0 aliphatic carbocycles. The summed E-state index contributed by atoms with van der Waals surface area (Å²) in [7, 11) is 0. The van der Waals surface area contributed by atoms with Gasteiger partial charge in [-0.2, -0.15) is 13.2 Å². The Morgan fingerprint density at radius 3 is 2.45 bits per heavy atom. The summed E-state index contributed by atoms with van der Waals surface area (Å²) in [5.74, 6) is -0.224. The van der Waals surface area contributed by atoms with Crippen molar-refractivity contribution < 1.29 is 17.6 Å².